The fraction of sp³-hybridized carbons (Fsp3) is 0.128. The molecule has 11 nitrogen and oxygen atoms in total. The fourth-order valence-corrected chi connectivity index (χ4v) is 6.99. The molecule has 0 aliphatic carbocycles. The number of hydrogen-bond donors (Lipinski definition) is 1. The summed E-state index contributed by atoms with van der Waals surface area (Å²) in [5.74, 6) is 0.623. The summed E-state index contributed by atoms with van der Waals surface area (Å²) in [6.07, 6.45) is 7.62. The first-order valence-electron chi connectivity index (χ1n) is 16.3. The topological polar surface area (TPSA) is 114 Å². The van der Waals surface area contributed by atoms with Crippen molar-refractivity contribution in [2.24, 2.45) is 0 Å². The van der Waals surface area contributed by atoms with Crippen LogP contribution in [-0.4, -0.2) is 53.7 Å². The maximum atomic E-state index is 14.8. The number of ether oxygens (including phenoxy) is 2. The second-order valence-corrected chi connectivity index (χ2v) is 12.5. The number of phenolic OH excluding ortho intramolecular Hbond substituents is 1. The molecular weight excluding hydrogens is 632 g/mol. The molecule has 11 heteroatoms. The lowest BCUT2D eigenvalue weighted by molar-refractivity contribution is 0.0658. The smallest absolute Gasteiger partial charge is 0.265 e. The minimum atomic E-state index is -0.339. The Hall–Kier alpha value is -6.62. The molecule has 4 aromatic heterocycles. The number of amides is 2. The predicted molar refractivity (Wildman–Crippen MR) is 186 cm³/mol. The first-order chi connectivity index (χ1) is 24.4. The standard InChI is InChI=1S/C39H30N6O5/c1-24-16-25-6-2-3-7-26(25)21-43(24)38(47)31-19-36-35(49-23-50-36)18-30(31)34-17-32(33-8-4-5-15-42(33)34)39(48)45(27-9-11-29(46)12-10-27)28-20-40-37-13-14-41-44(37)22-28/h2-15,17-20,22,24,46H,16,21,23H2,1H3/t24-/m1/s1. The summed E-state index contributed by atoms with van der Waals surface area (Å²) >= 11 is 0. The van der Waals surface area contributed by atoms with Gasteiger partial charge in [-0.1, -0.05) is 30.3 Å². The van der Waals surface area contributed by atoms with Crippen LogP contribution < -0.4 is 14.4 Å². The molecule has 0 fully saturated rings. The van der Waals surface area contributed by atoms with E-state index >= 15 is 0 Å². The van der Waals surface area contributed by atoms with Gasteiger partial charge in [-0.2, -0.15) is 5.10 Å². The molecular formula is C39H30N6O5. The van der Waals surface area contributed by atoms with Crippen molar-refractivity contribution in [3.63, 3.8) is 0 Å². The van der Waals surface area contributed by atoms with E-state index in [0.717, 1.165) is 12.0 Å². The third kappa shape index (κ3) is 4.81. The molecule has 0 saturated heterocycles. The van der Waals surface area contributed by atoms with E-state index in [0.29, 0.717) is 63.0 Å². The molecule has 1 N–H and O–H groups in total. The van der Waals surface area contributed by atoms with Gasteiger partial charge in [-0.15, -0.1) is 0 Å². The van der Waals surface area contributed by atoms with Gasteiger partial charge in [0.15, 0.2) is 17.1 Å². The minimum absolute atomic E-state index is 0.0310. The number of pyridine rings is 1. The van der Waals surface area contributed by atoms with Crippen molar-refractivity contribution in [3.05, 3.63) is 138 Å². The Kier molecular flexibility index (Phi) is 6.80. The molecule has 0 saturated carbocycles. The zero-order chi connectivity index (χ0) is 33.9. The predicted octanol–water partition coefficient (Wildman–Crippen LogP) is 6.65. The van der Waals surface area contributed by atoms with Gasteiger partial charge in [0, 0.05) is 36.1 Å². The Balaban J connectivity index is 1.19. The van der Waals surface area contributed by atoms with Gasteiger partial charge in [0.2, 0.25) is 6.79 Å². The summed E-state index contributed by atoms with van der Waals surface area (Å²) < 4.78 is 15.1. The Morgan fingerprint density at radius 2 is 1.66 bits per heavy atom. The molecule has 0 bridgehead atoms. The van der Waals surface area contributed by atoms with Gasteiger partial charge in [0.1, 0.15) is 5.75 Å². The minimum Gasteiger partial charge on any atom is -0.508 e. The molecule has 0 radical (unpaired) electrons. The summed E-state index contributed by atoms with van der Waals surface area (Å²) in [6.45, 7) is 2.60. The van der Waals surface area contributed by atoms with Gasteiger partial charge < -0.3 is 23.9 Å². The van der Waals surface area contributed by atoms with E-state index in [1.165, 1.54) is 22.6 Å². The third-order valence-electron chi connectivity index (χ3n) is 9.50. The Bertz CT molecular complexity index is 2470. The van der Waals surface area contributed by atoms with Crippen molar-refractivity contribution in [1.82, 2.24) is 23.9 Å². The van der Waals surface area contributed by atoms with Crippen molar-refractivity contribution in [1.29, 1.82) is 0 Å². The van der Waals surface area contributed by atoms with Crippen LogP contribution in [0.5, 0.6) is 17.2 Å². The summed E-state index contributed by atoms with van der Waals surface area (Å²) in [5.41, 5.74) is 6.74. The molecule has 9 rings (SSSR count). The quantitative estimate of drug-likeness (QED) is 0.220. The normalized spacial score (nSPS) is 15.0. The molecule has 0 spiro atoms. The van der Waals surface area contributed by atoms with E-state index in [1.54, 1.807) is 47.4 Å². The summed E-state index contributed by atoms with van der Waals surface area (Å²) in [4.78, 5) is 37.4. The number of carbonyl (C=O) groups excluding carboxylic acids is 2. The number of anilines is 2. The van der Waals surface area contributed by atoms with Crippen molar-refractivity contribution in [2.75, 3.05) is 11.7 Å². The third-order valence-corrected chi connectivity index (χ3v) is 9.50. The number of nitrogens with zero attached hydrogens (tertiary/aromatic N) is 6. The number of benzene rings is 3. The van der Waals surface area contributed by atoms with Crippen molar-refractivity contribution in [3.8, 4) is 28.5 Å². The first-order valence-corrected chi connectivity index (χ1v) is 16.3. The second-order valence-electron chi connectivity index (χ2n) is 12.5. The van der Waals surface area contributed by atoms with E-state index < -0.39 is 0 Å². The van der Waals surface area contributed by atoms with Gasteiger partial charge in [0.05, 0.1) is 46.6 Å². The van der Waals surface area contributed by atoms with Crippen LogP contribution >= 0.6 is 0 Å². The monoisotopic (exact) mass is 662 g/mol. The van der Waals surface area contributed by atoms with Gasteiger partial charge in [-0.3, -0.25) is 14.5 Å². The number of carbonyl (C=O) groups is 2. The van der Waals surface area contributed by atoms with E-state index in [1.807, 2.05) is 58.0 Å². The van der Waals surface area contributed by atoms with E-state index in [4.69, 9.17) is 9.47 Å². The average molecular weight is 663 g/mol. The lowest BCUT2D eigenvalue weighted by Gasteiger charge is -2.35. The molecule has 6 heterocycles. The molecule has 2 amide bonds. The van der Waals surface area contributed by atoms with E-state index in [9.17, 15) is 14.7 Å². The average Bonchev–Trinajstić information content (AvgIpc) is 3.90. The highest BCUT2D eigenvalue weighted by Crippen LogP contribution is 2.42. The fourth-order valence-electron chi connectivity index (χ4n) is 6.99. The van der Waals surface area contributed by atoms with Gasteiger partial charge in [-0.05, 0) is 79.1 Å². The van der Waals surface area contributed by atoms with Crippen molar-refractivity contribution >= 4 is 34.4 Å². The van der Waals surface area contributed by atoms with Crippen LogP contribution in [0, 0.1) is 0 Å². The van der Waals surface area contributed by atoms with Gasteiger partial charge >= 0.3 is 0 Å². The number of fused-ring (bicyclic) bond motifs is 4. The molecule has 0 unspecified atom stereocenters. The van der Waals surface area contributed by atoms with Crippen LogP contribution in [0.15, 0.2) is 116 Å². The molecule has 50 heavy (non-hydrogen) atoms. The Morgan fingerprint density at radius 3 is 2.50 bits per heavy atom. The maximum Gasteiger partial charge on any atom is 0.265 e. The van der Waals surface area contributed by atoms with Crippen LogP contribution in [0.25, 0.3) is 22.4 Å². The zero-order valence-corrected chi connectivity index (χ0v) is 26.9. The summed E-state index contributed by atoms with van der Waals surface area (Å²) in [7, 11) is 0. The number of aromatic hydroxyl groups is 1. The highest BCUT2D eigenvalue weighted by atomic mass is 16.7. The van der Waals surface area contributed by atoms with Gasteiger partial charge in [-0.25, -0.2) is 9.50 Å². The molecule has 2 aliphatic rings. The van der Waals surface area contributed by atoms with Crippen LogP contribution in [0.3, 0.4) is 0 Å². The Labute approximate surface area is 286 Å². The largest absolute Gasteiger partial charge is 0.508 e. The Morgan fingerprint density at radius 1 is 0.880 bits per heavy atom. The highest BCUT2D eigenvalue weighted by molar-refractivity contribution is 6.15. The van der Waals surface area contributed by atoms with E-state index in [2.05, 4.69) is 29.1 Å². The lowest BCUT2D eigenvalue weighted by atomic mass is 9.93. The van der Waals surface area contributed by atoms with Gasteiger partial charge in [0.25, 0.3) is 11.8 Å². The number of hydrogen-bond acceptors (Lipinski definition) is 7. The van der Waals surface area contributed by atoms with Crippen molar-refractivity contribution < 1.29 is 24.2 Å². The number of phenols is 1. The van der Waals surface area contributed by atoms with Crippen LogP contribution in [0.2, 0.25) is 0 Å². The van der Waals surface area contributed by atoms with Crippen LogP contribution in [0.4, 0.5) is 11.4 Å². The zero-order valence-electron chi connectivity index (χ0n) is 26.9. The summed E-state index contributed by atoms with van der Waals surface area (Å²) in [5, 5.41) is 14.4. The molecule has 3 aromatic carbocycles. The molecule has 1 atom stereocenters. The van der Waals surface area contributed by atoms with Crippen LogP contribution in [0.1, 0.15) is 38.8 Å². The lowest BCUT2D eigenvalue weighted by Crippen LogP contribution is -2.42. The molecule has 7 aromatic rings. The second kappa shape index (κ2) is 11.5. The maximum absolute atomic E-state index is 14.8. The number of rotatable bonds is 5. The SMILES string of the molecule is C[C@@H]1Cc2ccccc2CN1C(=O)c1cc2c(cc1-c1cc(C(=O)N(c3ccc(O)cc3)c3cnc4ccnn4c3)c3ccccn13)OCO2. The first kappa shape index (κ1) is 29.5. The molecule has 2 aliphatic heterocycles. The van der Waals surface area contributed by atoms with Crippen molar-refractivity contribution in [2.45, 2.75) is 25.9 Å². The summed E-state index contributed by atoms with van der Waals surface area (Å²) in [6, 6.07) is 27.4. The highest BCUT2D eigenvalue weighted by Gasteiger charge is 2.33. The van der Waals surface area contributed by atoms with Crippen LogP contribution in [-0.2, 0) is 13.0 Å². The van der Waals surface area contributed by atoms with E-state index in [-0.39, 0.29) is 30.4 Å². The number of aromatic nitrogens is 4. The molecule has 246 valence electrons.